The van der Waals surface area contributed by atoms with E-state index in [1.165, 1.54) is 7.11 Å². The highest BCUT2D eigenvalue weighted by Crippen LogP contribution is 2.40. The number of hydrogen-bond acceptors (Lipinski definition) is 4. The highest BCUT2D eigenvalue weighted by atomic mass is 35.5. The van der Waals surface area contributed by atoms with Crippen molar-refractivity contribution < 1.29 is 14.3 Å². The zero-order chi connectivity index (χ0) is 15.6. The number of ether oxygens (including phenoxy) is 2. The van der Waals surface area contributed by atoms with E-state index in [1.54, 1.807) is 21.0 Å². The summed E-state index contributed by atoms with van der Waals surface area (Å²) in [5.74, 6) is 0.336. The summed E-state index contributed by atoms with van der Waals surface area (Å²) in [7, 11) is 2.97. The molecule has 0 radical (unpaired) electrons. The lowest BCUT2D eigenvalue weighted by molar-refractivity contribution is -0.152. The van der Waals surface area contributed by atoms with Crippen LogP contribution in [0.4, 0.5) is 0 Å². The van der Waals surface area contributed by atoms with E-state index < -0.39 is 11.5 Å². The van der Waals surface area contributed by atoms with Crippen LogP contribution in [0.15, 0.2) is 36.4 Å². The number of carbonyl (C=O) groups is 1. The normalized spacial score (nSPS) is 12.4. The lowest BCUT2D eigenvalue weighted by atomic mass is 9.79. The smallest absolute Gasteiger partial charge is 0.313 e. The monoisotopic (exact) mass is 323 g/mol. The summed E-state index contributed by atoms with van der Waals surface area (Å²) in [5.41, 5.74) is 6.38. The second-order valence-corrected chi connectivity index (χ2v) is 5.59. The largest absolute Gasteiger partial charge is 0.496 e. The molecule has 22 heavy (non-hydrogen) atoms. The summed E-state index contributed by atoms with van der Waals surface area (Å²) in [6.07, 6.45) is 0. The van der Waals surface area contributed by atoms with Crippen LogP contribution in [0.3, 0.4) is 0 Å². The van der Waals surface area contributed by atoms with Crippen LogP contribution in [0.2, 0.25) is 0 Å². The number of carbonyl (C=O) groups excluding carboxylic acids is 1. The van der Waals surface area contributed by atoms with Gasteiger partial charge in [-0.25, -0.2) is 0 Å². The quantitative estimate of drug-likeness (QED) is 0.875. The second kappa shape index (κ2) is 6.99. The molecule has 0 aliphatic rings. The number of halogens is 1. The molecule has 0 aliphatic carbocycles. The van der Waals surface area contributed by atoms with Crippen LogP contribution in [0.25, 0.3) is 10.8 Å². The Kier molecular flexibility index (Phi) is 5.80. The molecule has 0 bridgehead atoms. The Hall–Kier alpha value is -1.78. The van der Waals surface area contributed by atoms with E-state index >= 15 is 0 Å². The predicted octanol–water partition coefficient (Wildman–Crippen LogP) is 3.47. The van der Waals surface area contributed by atoms with E-state index in [1.807, 2.05) is 36.4 Å². The molecular formula is C17H22ClNO3. The van der Waals surface area contributed by atoms with Gasteiger partial charge >= 0.3 is 5.97 Å². The molecule has 4 nitrogen and oxygen atoms in total. The highest BCUT2D eigenvalue weighted by Gasteiger charge is 2.38. The van der Waals surface area contributed by atoms with Gasteiger partial charge in [-0.15, -0.1) is 12.4 Å². The molecule has 2 aromatic rings. The molecule has 2 N–H and O–H groups in total. The Balaban J connectivity index is 0.00000242. The Morgan fingerprint density at radius 3 is 2.36 bits per heavy atom. The van der Waals surface area contributed by atoms with Crippen molar-refractivity contribution in [3.63, 3.8) is 0 Å². The topological polar surface area (TPSA) is 61.5 Å². The van der Waals surface area contributed by atoms with E-state index in [-0.39, 0.29) is 18.4 Å². The summed E-state index contributed by atoms with van der Waals surface area (Å²) in [6, 6.07) is 11.2. The molecule has 2 rings (SSSR count). The molecule has 0 amide bonds. The summed E-state index contributed by atoms with van der Waals surface area (Å²) >= 11 is 0. The average Bonchev–Trinajstić information content (AvgIpc) is 2.51. The Bertz CT molecular complexity index is 670. The molecule has 0 fully saturated rings. The van der Waals surface area contributed by atoms with Gasteiger partial charge in [0.25, 0.3) is 0 Å². The first-order valence-electron chi connectivity index (χ1n) is 6.83. The van der Waals surface area contributed by atoms with Gasteiger partial charge in [0, 0.05) is 11.6 Å². The van der Waals surface area contributed by atoms with Gasteiger partial charge < -0.3 is 15.2 Å². The van der Waals surface area contributed by atoms with E-state index in [0.717, 1.165) is 16.3 Å². The van der Waals surface area contributed by atoms with E-state index in [0.29, 0.717) is 5.75 Å². The van der Waals surface area contributed by atoms with Gasteiger partial charge in [-0.3, -0.25) is 4.79 Å². The Labute approximate surface area is 137 Å². The Morgan fingerprint density at radius 2 is 1.77 bits per heavy atom. The van der Waals surface area contributed by atoms with Gasteiger partial charge in [0.15, 0.2) is 0 Å². The lowest BCUT2D eigenvalue weighted by Crippen LogP contribution is -2.37. The number of fused-ring (bicyclic) bond motifs is 1. The molecule has 0 aliphatic heterocycles. The van der Waals surface area contributed by atoms with Gasteiger partial charge in [-0.05, 0) is 30.7 Å². The van der Waals surface area contributed by atoms with Crippen molar-refractivity contribution >= 4 is 29.1 Å². The Morgan fingerprint density at radius 1 is 1.14 bits per heavy atom. The minimum Gasteiger partial charge on any atom is -0.496 e. The molecular weight excluding hydrogens is 302 g/mol. The predicted molar refractivity (Wildman–Crippen MR) is 90.5 cm³/mol. The molecule has 0 saturated carbocycles. The summed E-state index contributed by atoms with van der Waals surface area (Å²) in [6.45, 7) is 3.56. The minimum absolute atomic E-state index is 0. The average molecular weight is 324 g/mol. The summed E-state index contributed by atoms with van der Waals surface area (Å²) < 4.78 is 10.3. The van der Waals surface area contributed by atoms with Crippen molar-refractivity contribution in [3.8, 4) is 5.75 Å². The third kappa shape index (κ3) is 3.03. The van der Waals surface area contributed by atoms with Crippen molar-refractivity contribution in [2.45, 2.75) is 19.9 Å². The van der Waals surface area contributed by atoms with Crippen molar-refractivity contribution in [2.24, 2.45) is 11.1 Å². The molecule has 0 heterocycles. The fourth-order valence-electron chi connectivity index (χ4n) is 2.53. The molecule has 0 saturated heterocycles. The van der Waals surface area contributed by atoms with Crippen LogP contribution in [0.5, 0.6) is 5.75 Å². The first-order valence-corrected chi connectivity index (χ1v) is 6.83. The van der Waals surface area contributed by atoms with Crippen molar-refractivity contribution in [2.75, 3.05) is 14.2 Å². The maximum Gasteiger partial charge on any atom is 0.313 e. The molecule has 5 heteroatoms. The first-order chi connectivity index (χ1) is 9.93. The van der Waals surface area contributed by atoms with Gasteiger partial charge in [0.1, 0.15) is 5.75 Å². The number of hydrogen-bond donors (Lipinski definition) is 1. The summed E-state index contributed by atoms with van der Waals surface area (Å²) in [5, 5.41) is 2.05. The van der Waals surface area contributed by atoms with Gasteiger partial charge in [0.05, 0.1) is 19.6 Å². The van der Waals surface area contributed by atoms with Crippen LogP contribution in [0, 0.1) is 5.41 Å². The van der Waals surface area contributed by atoms with Gasteiger partial charge in [0.2, 0.25) is 0 Å². The lowest BCUT2D eigenvalue weighted by Gasteiger charge is -2.30. The van der Waals surface area contributed by atoms with Gasteiger partial charge in [-0.1, -0.05) is 30.3 Å². The van der Waals surface area contributed by atoms with Crippen LogP contribution in [0.1, 0.15) is 25.5 Å². The zero-order valence-electron chi connectivity index (χ0n) is 13.3. The van der Waals surface area contributed by atoms with E-state index in [9.17, 15) is 4.79 Å². The first kappa shape index (κ1) is 18.3. The zero-order valence-corrected chi connectivity index (χ0v) is 14.1. The van der Waals surface area contributed by atoms with Crippen molar-refractivity contribution in [1.29, 1.82) is 0 Å². The highest BCUT2D eigenvalue weighted by molar-refractivity contribution is 5.89. The van der Waals surface area contributed by atoms with Gasteiger partial charge in [-0.2, -0.15) is 0 Å². The molecule has 0 spiro atoms. The third-order valence-electron chi connectivity index (χ3n) is 3.95. The maximum absolute atomic E-state index is 12.0. The summed E-state index contributed by atoms with van der Waals surface area (Å²) in [4.78, 5) is 12.0. The van der Waals surface area contributed by atoms with Crippen LogP contribution in [-0.2, 0) is 9.53 Å². The van der Waals surface area contributed by atoms with E-state index in [4.69, 9.17) is 15.2 Å². The minimum atomic E-state index is -0.855. The number of methoxy groups -OCH3 is 2. The molecule has 0 aromatic heterocycles. The fraction of sp³-hybridized carbons (Fsp3) is 0.353. The molecule has 2 aromatic carbocycles. The van der Waals surface area contributed by atoms with Crippen molar-refractivity contribution in [1.82, 2.24) is 0 Å². The molecule has 0 unspecified atom stereocenters. The van der Waals surface area contributed by atoms with Crippen LogP contribution in [-0.4, -0.2) is 20.2 Å². The number of rotatable bonds is 4. The van der Waals surface area contributed by atoms with Crippen LogP contribution >= 0.6 is 12.4 Å². The third-order valence-corrected chi connectivity index (χ3v) is 3.95. The van der Waals surface area contributed by atoms with Crippen molar-refractivity contribution in [3.05, 3.63) is 42.0 Å². The van der Waals surface area contributed by atoms with E-state index in [2.05, 4.69) is 0 Å². The maximum atomic E-state index is 12.0. The molecule has 1 atom stereocenters. The standard InChI is InChI=1S/C17H21NO3.ClH/c1-17(2,16(19)21-4)15(18)14-12-8-6-5-7-11(12)9-10-13(14)20-3;/h5-10,15H,18H2,1-4H3;1H/t15-;/m1./s1. The number of benzene rings is 2. The number of esters is 1. The molecule has 120 valence electrons. The SMILES string of the molecule is COC(=O)C(C)(C)[C@H](N)c1c(OC)ccc2ccccc12.Cl. The second-order valence-electron chi connectivity index (χ2n) is 5.59. The van der Waals surface area contributed by atoms with Crippen LogP contribution < -0.4 is 10.5 Å². The number of nitrogens with two attached hydrogens (primary N) is 1. The fourth-order valence-corrected chi connectivity index (χ4v) is 2.53.